The number of fused-ring (bicyclic) bond motifs is 5. The van der Waals surface area contributed by atoms with E-state index in [2.05, 4.69) is 46.8 Å². The normalized spacial score (nSPS) is 17.5. The van der Waals surface area contributed by atoms with E-state index in [1.54, 1.807) is 0 Å². The van der Waals surface area contributed by atoms with Crippen molar-refractivity contribution >= 4 is 0 Å². The van der Waals surface area contributed by atoms with Crippen LogP contribution in [0.5, 0.6) is 0 Å². The van der Waals surface area contributed by atoms with Crippen molar-refractivity contribution in [1.82, 2.24) is 25.5 Å². The van der Waals surface area contributed by atoms with Crippen LogP contribution in [0.15, 0.2) is 36.4 Å². The second-order valence-electron chi connectivity index (χ2n) is 5.69. The van der Waals surface area contributed by atoms with Crippen molar-refractivity contribution in [2.24, 2.45) is 0 Å². The van der Waals surface area contributed by atoms with Crippen molar-refractivity contribution in [3.63, 3.8) is 0 Å². The van der Waals surface area contributed by atoms with Crippen LogP contribution in [0.25, 0.3) is 11.4 Å². The van der Waals surface area contributed by atoms with Gasteiger partial charge in [-0.15, -0.1) is 0 Å². The quantitative estimate of drug-likeness (QED) is 0.767. The molecule has 22 heavy (non-hydrogen) atoms. The van der Waals surface area contributed by atoms with Crippen molar-refractivity contribution in [3.05, 3.63) is 47.8 Å². The number of hydrogen-bond acceptors (Lipinski definition) is 5. The number of aromatic nitrogens is 2. The van der Waals surface area contributed by atoms with Crippen LogP contribution in [0.4, 0.5) is 0 Å². The number of nitrogens with one attached hydrogen (secondary N) is 2. The van der Waals surface area contributed by atoms with Gasteiger partial charge in [0.1, 0.15) is 0 Å². The lowest BCUT2D eigenvalue weighted by molar-refractivity contribution is 0.328. The number of pyridine rings is 2. The van der Waals surface area contributed by atoms with Gasteiger partial charge in [-0.05, 0) is 31.3 Å². The molecule has 2 aromatic rings. The molecule has 5 heteroatoms. The number of rotatable bonds is 0. The molecule has 0 unspecified atom stereocenters. The van der Waals surface area contributed by atoms with Gasteiger partial charge in [0, 0.05) is 39.3 Å². The largest absolute Gasteiger partial charge is 0.310 e. The molecule has 0 spiro atoms. The molecule has 2 N–H and O–H groups in total. The highest BCUT2D eigenvalue weighted by molar-refractivity contribution is 5.54. The molecule has 0 saturated heterocycles. The Kier molecular flexibility index (Phi) is 5.11. The first-order chi connectivity index (χ1) is 10.8. The maximum absolute atomic E-state index is 4.72. The predicted octanol–water partition coefficient (Wildman–Crippen LogP) is 1.27. The maximum atomic E-state index is 4.72. The Labute approximate surface area is 131 Å². The van der Waals surface area contributed by atoms with E-state index in [0.717, 1.165) is 62.0 Å². The summed E-state index contributed by atoms with van der Waals surface area (Å²) in [5, 5.41) is 6.91. The average molecular weight is 297 g/mol. The zero-order valence-corrected chi connectivity index (χ0v) is 13.0. The van der Waals surface area contributed by atoms with E-state index >= 15 is 0 Å². The van der Waals surface area contributed by atoms with Crippen molar-refractivity contribution in [3.8, 4) is 11.4 Å². The minimum absolute atomic E-state index is 0.791. The van der Waals surface area contributed by atoms with Crippen molar-refractivity contribution in [1.29, 1.82) is 0 Å². The zero-order valence-electron chi connectivity index (χ0n) is 13.0. The molecule has 3 rings (SSSR count). The van der Waals surface area contributed by atoms with Crippen LogP contribution >= 0.6 is 0 Å². The molecule has 0 aliphatic carbocycles. The fraction of sp³-hybridized carbons (Fsp3) is 0.412. The average Bonchev–Trinajstić information content (AvgIpc) is 2.56. The van der Waals surface area contributed by atoms with E-state index < -0.39 is 0 Å². The highest BCUT2D eigenvalue weighted by Gasteiger charge is 2.05. The lowest BCUT2D eigenvalue weighted by atomic mass is 10.2. The summed E-state index contributed by atoms with van der Waals surface area (Å²) in [6, 6.07) is 12.3. The summed E-state index contributed by atoms with van der Waals surface area (Å²) in [6.45, 7) is 5.59. The van der Waals surface area contributed by atoms with Gasteiger partial charge in [-0.3, -0.25) is 0 Å². The SMILES string of the molecule is CN1CCNCc2cccc(n2)-c2cccc(n2)CNCC1. The van der Waals surface area contributed by atoms with Crippen molar-refractivity contribution < 1.29 is 0 Å². The zero-order chi connectivity index (χ0) is 15.2. The summed E-state index contributed by atoms with van der Waals surface area (Å²) in [5.41, 5.74) is 3.99. The molecule has 0 aromatic carbocycles. The Bertz CT molecular complexity index is 560. The molecule has 5 nitrogen and oxygen atoms in total. The Morgan fingerprint density at radius 3 is 1.82 bits per heavy atom. The summed E-state index contributed by atoms with van der Waals surface area (Å²) < 4.78 is 0. The molecule has 3 heterocycles. The molecule has 0 radical (unpaired) electrons. The highest BCUT2D eigenvalue weighted by atomic mass is 15.1. The van der Waals surface area contributed by atoms with Crippen molar-refractivity contribution in [2.75, 3.05) is 33.2 Å². The van der Waals surface area contributed by atoms with E-state index in [-0.39, 0.29) is 0 Å². The molecule has 0 saturated carbocycles. The molecule has 116 valence electrons. The van der Waals surface area contributed by atoms with Crippen LogP contribution in [-0.4, -0.2) is 48.1 Å². The first-order valence-electron chi connectivity index (χ1n) is 7.83. The van der Waals surface area contributed by atoms with E-state index in [9.17, 15) is 0 Å². The first kappa shape index (κ1) is 15.1. The van der Waals surface area contributed by atoms with Gasteiger partial charge in [0.05, 0.1) is 22.8 Å². The van der Waals surface area contributed by atoms with Crippen LogP contribution in [0.3, 0.4) is 0 Å². The minimum atomic E-state index is 0.791. The summed E-state index contributed by atoms with van der Waals surface area (Å²) in [5.74, 6) is 0. The molecule has 4 bridgehead atoms. The Hall–Kier alpha value is -1.82. The standard InChI is InChI=1S/C17H23N5/c1-22-10-8-18-12-14-4-2-6-16(20-14)17-7-3-5-15(21-17)13-19-9-11-22/h2-7,18-19H,8-13H2,1H3. The van der Waals surface area contributed by atoms with E-state index in [1.165, 1.54) is 0 Å². The van der Waals surface area contributed by atoms with Crippen LogP contribution < -0.4 is 10.6 Å². The molecular formula is C17H23N5. The Morgan fingerprint density at radius 1 is 0.818 bits per heavy atom. The highest BCUT2D eigenvalue weighted by Crippen LogP contribution is 2.15. The lowest BCUT2D eigenvalue weighted by Crippen LogP contribution is -2.34. The van der Waals surface area contributed by atoms with Gasteiger partial charge in [0.25, 0.3) is 0 Å². The smallest absolute Gasteiger partial charge is 0.0890 e. The van der Waals surface area contributed by atoms with Gasteiger partial charge < -0.3 is 15.5 Å². The third-order valence-corrected chi connectivity index (χ3v) is 3.83. The fourth-order valence-corrected chi connectivity index (χ4v) is 2.53. The minimum Gasteiger partial charge on any atom is -0.310 e. The van der Waals surface area contributed by atoms with E-state index in [1.807, 2.05) is 12.1 Å². The van der Waals surface area contributed by atoms with Crippen LogP contribution in [0.2, 0.25) is 0 Å². The first-order valence-corrected chi connectivity index (χ1v) is 7.83. The lowest BCUT2D eigenvalue weighted by Gasteiger charge is -2.17. The summed E-state index contributed by atoms with van der Waals surface area (Å²) in [4.78, 5) is 11.8. The van der Waals surface area contributed by atoms with Gasteiger partial charge in [-0.2, -0.15) is 0 Å². The monoisotopic (exact) mass is 297 g/mol. The second-order valence-corrected chi connectivity index (χ2v) is 5.69. The molecule has 0 atom stereocenters. The molecule has 1 aliphatic heterocycles. The summed E-state index contributed by atoms with van der Waals surface area (Å²) in [7, 11) is 2.15. The van der Waals surface area contributed by atoms with Gasteiger partial charge in [-0.25, -0.2) is 9.97 Å². The number of likely N-dealkylation sites (N-methyl/N-ethyl adjacent to an activating group) is 1. The second kappa shape index (κ2) is 7.45. The van der Waals surface area contributed by atoms with Gasteiger partial charge >= 0.3 is 0 Å². The number of hydrogen-bond donors (Lipinski definition) is 2. The van der Waals surface area contributed by atoms with E-state index in [4.69, 9.17) is 9.97 Å². The summed E-state index contributed by atoms with van der Waals surface area (Å²) >= 11 is 0. The Balaban J connectivity index is 1.85. The van der Waals surface area contributed by atoms with Gasteiger partial charge in [0.15, 0.2) is 0 Å². The summed E-state index contributed by atoms with van der Waals surface area (Å²) in [6.07, 6.45) is 0. The molecule has 0 fully saturated rings. The topological polar surface area (TPSA) is 53.1 Å². The molecule has 1 aliphatic rings. The molecule has 2 aromatic heterocycles. The van der Waals surface area contributed by atoms with Crippen LogP contribution in [0, 0.1) is 0 Å². The fourth-order valence-electron chi connectivity index (χ4n) is 2.53. The Morgan fingerprint density at radius 2 is 1.32 bits per heavy atom. The molecule has 0 amide bonds. The van der Waals surface area contributed by atoms with Crippen molar-refractivity contribution in [2.45, 2.75) is 13.1 Å². The number of nitrogens with zero attached hydrogens (tertiary/aromatic N) is 3. The van der Waals surface area contributed by atoms with Crippen LogP contribution in [0.1, 0.15) is 11.4 Å². The maximum Gasteiger partial charge on any atom is 0.0890 e. The van der Waals surface area contributed by atoms with Gasteiger partial charge in [-0.1, -0.05) is 12.1 Å². The predicted molar refractivity (Wildman–Crippen MR) is 88.4 cm³/mol. The van der Waals surface area contributed by atoms with Gasteiger partial charge in [0.2, 0.25) is 0 Å². The van der Waals surface area contributed by atoms with Crippen LogP contribution in [-0.2, 0) is 13.1 Å². The molecular weight excluding hydrogens is 274 g/mol. The third-order valence-electron chi connectivity index (χ3n) is 3.83. The third kappa shape index (κ3) is 4.10. The van der Waals surface area contributed by atoms with E-state index in [0.29, 0.717) is 0 Å².